The smallest absolute Gasteiger partial charge is 0.309 e. The minimum absolute atomic E-state index is 0.277. The van der Waals surface area contributed by atoms with E-state index in [1.165, 1.54) is 30.5 Å². The minimum Gasteiger partial charge on any atom is -0.367 e. The Kier molecular flexibility index (Phi) is 3.75. The van der Waals surface area contributed by atoms with Crippen LogP contribution >= 0.6 is 0 Å². The van der Waals surface area contributed by atoms with Crippen molar-refractivity contribution in [1.82, 2.24) is 0 Å². The molecule has 0 saturated carbocycles. The largest absolute Gasteiger partial charge is 0.367 e. The summed E-state index contributed by atoms with van der Waals surface area (Å²) in [6, 6.07) is 9.94. The first-order valence-corrected chi connectivity index (χ1v) is 7.19. The van der Waals surface area contributed by atoms with E-state index in [-0.39, 0.29) is 11.1 Å². The molecular weight excluding hydrogens is 332 g/mol. The molecule has 0 aromatic heterocycles. The van der Waals surface area contributed by atoms with Crippen molar-refractivity contribution in [1.29, 1.82) is 0 Å². The normalized spacial score (nSPS) is 17.0. The molecule has 1 heterocycles. The lowest BCUT2D eigenvalue weighted by Gasteiger charge is -2.38. The average molecular weight is 345 g/mol. The van der Waals surface area contributed by atoms with Gasteiger partial charge in [0.05, 0.1) is 6.21 Å². The van der Waals surface area contributed by atoms with Crippen molar-refractivity contribution in [2.45, 2.75) is 11.0 Å². The Labute approximate surface area is 141 Å². The van der Waals surface area contributed by atoms with Gasteiger partial charge in [-0.05, 0) is 35.4 Å². The summed E-state index contributed by atoms with van der Waals surface area (Å²) in [6.45, 7) is 0. The lowest BCUT2D eigenvalue weighted by atomic mass is 9.63. The van der Waals surface area contributed by atoms with Crippen LogP contribution in [0.2, 0.25) is 0 Å². The molecule has 2 aromatic rings. The Bertz CT molecular complexity index is 804. The summed E-state index contributed by atoms with van der Waals surface area (Å²) >= 11 is 0. The third-order valence-electron chi connectivity index (χ3n) is 4.28. The third kappa shape index (κ3) is 2.18. The van der Waals surface area contributed by atoms with Gasteiger partial charge in [-0.15, -0.1) is 0 Å². The molecule has 1 aliphatic heterocycles. The summed E-state index contributed by atoms with van der Waals surface area (Å²) in [4.78, 5) is 29.5. The summed E-state index contributed by atoms with van der Waals surface area (Å²) in [5.74, 6) is -3.41. The monoisotopic (exact) mass is 345 g/mol. The van der Waals surface area contributed by atoms with Gasteiger partial charge in [-0.3, -0.25) is 9.59 Å². The molecule has 2 amide bonds. The van der Waals surface area contributed by atoms with Crippen LogP contribution in [0.25, 0.3) is 0 Å². The Morgan fingerprint density at radius 1 is 0.840 bits per heavy atom. The van der Waals surface area contributed by atoms with Gasteiger partial charge in [-0.1, -0.05) is 29.4 Å². The molecule has 8 heteroatoms. The first kappa shape index (κ1) is 16.6. The average Bonchev–Trinajstić information content (AvgIpc) is 2.98. The zero-order valence-corrected chi connectivity index (χ0v) is 12.8. The molecule has 0 bridgehead atoms. The van der Waals surface area contributed by atoms with Crippen molar-refractivity contribution in [3.63, 3.8) is 0 Å². The number of amides is 2. The molecular formula is C17H13F2N3O3. The predicted molar refractivity (Wildman–Crippen MR) is 84.3 cm³/mol. The van der Waals surface area contributed by atoms with Crippen LogP contribution in [0, 0.1) is 11.6 Å². The number of benzene rings is 2. The Hall–Kier alpha value is -3.29. The molecule has 0 aliphatic carbocycles. The number of primary amides is 2. The number of rotatable bonds is 4. The zero-order chi connectivity index (χ0) is 18.2. The Morgan fingerprint density at radius 3 is 1.60 bits per heavy atom. The van der Waals surface area contributed by atoms with E-state index >= 15 is 0 Å². The highest BCUT2D eigenvalue weighted by Crippen LogP contribution is 2.46. The summed E-state index contributed by atoms with van der Waals surface area (Å²) in [5, 5.41) is 3.62. The first-order chi connectivity index (χ1) is 11.8. The molecule has 25 heavy (non-hydrogen) atoms. The summed E-state index contributed by atoms with van der Waals surface area (Å²) in [5.41, 5.74) is 7.40. The van der Waals surface area contributed by atoms with Crippen molar-refractivity contribution in [3.05, 3.63) is 71.3 Å². The fourth-order valence-corrected chi connectivity index (χ4v) is 3.10. The van der Waals surface area contributed by atoms with Gasteiger partial charge >= 0.3 is 5.60 Å². The van der Waals surface area contributed by atoms with E-state index < -0.39 is 34.5 Å². The fourth-order valence-electron chi connectivity index (χ4n) is 3.10. The van der Waals surface area contributed by atoms with Gasteiger partial charge in [0, 0.05) is 0 Å². The van der Waals surface area contributed by atoms with Gasteiger partial charge in [0.1, 0.15) is 17.0 Å². The lowest BCUT2D eigenvalue weighted by Crippen LogP contribution is -2.66. The molecule has 0 atom stereocenters. The van der Waals surface area contributed by atoms with E-state index in [4.69, 9.17) is 16.3 Å². The molecule has 1 aliphatic rings. The number of nitrogens with two attached hydrogens (primary N) is 2. The second-order valence-corrected chi connectivity index (χ2v) is 5.56. The van der Waals surface area contributed by atoms with Gasteiger partial charge in [0.2, 0.25) is 0 Å². The minimum atomic E-state index is -2.39. The van der Waals surface area contributed by atoms with E-state index in [0.29, 0.717) is 0 Å². The van der Waals surface area contributed by atoms with E-state index in [1.54, 1.807) is 0 Å². The highest BCUT2D eigenvalue weighted by molar-refractivity contribution is 6.15. The van der Waals surface area contributed by atoms with Gasteiger partial charge in [0.15, 0.2) is 0 Å². The molecule has 2 aromatic carbocycles. The topological polar surface area (TPSA) is 108 Å². The number of hydrogen-bond donors (Lipinski definition) is 2. The molecule has 6 nitrogen and oxygen atoms in total. The molecule has 4 N–H and O–H groups in total. The molecule has 128 valence electrons. The van der Waals surface area contributed by atoms with Crippen molar-refractivity contribution < 1.29 is 23.2 Å². The highest BCUT2D eigenvalue weighted by atomic mass is 19.1. The van der Waals surface area contributed by atoms with E-state index in [2.05, 4.69) is 5.16 Å². The van der Waals surface area contributed by atoms with E-state index in [0.717, 1.165) is 24.3 Å². The number of nitrogens with zero attached hydrogens (tertiary/aromatic N) is 1. The zero-order valence-electron chi connectivity index (χ0n) is 12.8. The van der Waals surface area contributed by atoms with Crippen LogP contribution in [0.1, 0.15) is 11.1 Å². The number of hydrogen-bond acceptors (Lipinski definition) is 4. The molecule has 3 rings (SSSR count). The maximum Gasteiger partial charge on any atom is 0.309 e. The maximum absolute atomic E-state index is 13.4. The maximum atomic E-state index is 13.4. The summed E-state index contributed by atoms with van der Waals surface area (Å²) < 4.78 is 26.7. The first-order valence-electron chi connectivity index (χ1n) is 7.19. The van der Waals surface area contributed by atoms with Crippen molar-refractivity contribution in [2.75, 3.05) is 0 Å². The second kappa shape index (κ2) is 5.66. The SMILES string of the molecule is NC(=O)C1(C(N)=O)ON=CC1(c1ccc(F)cc1)c1ccc(F)cc1. The lowest BCUT2D eigenvalue weighted by molar-refractivity contribution is -0.158. The Morgan fingerprint density at radius 2 is 1.24 bits per heavy atom. The van der Waals surface area contributed by atoms with Gasteiger partial charge in [-0.25, -0.2) is 8.78 Å². The number of halogens is 2. The third-order valence-corrected chi connectivity index (χ3v) is 4.28. The molecule has 0 saturated heterocycles. The Balaban J connectivity index is 2.38. The van der Waals surface area contributed by atoms with Gasteiger partial charge in [0.25, 0.3) is 11.8 Å². The van der Waals surface area contributed by atoms with Crippen molar-refractivity contribution in [2.24, 2.45) is 16.6 Å². The standard InChI is InChI=1S/C17H13F2N3O3/c18-12-5-1-10(2-6-12)16(11-3-7-13(19)8-4-11)9-22-25-17(16,14(20)23)15(21)24/h1-9H,(H2,20,23)(H2,21,24). The molecule has 0 spiro atoms. The molecule has 0 unspecified atom stereocenters. The van der Waals surface area contributed by atoms with Crippen LogP contribution in [-0.2, 0) is 19.8 Å². The van der Waals surface area contributed by atoms with Gasteiger partial charge in [-0.2, -0.15) is 0 Å². The van der Waals surface area contributed by atoms with Crippen LogP contribution in [0.4, 0.5) is 8.78 Å². The summed E-state index contributed by atoms with van der Waals surface area (Å²) in [7, 11) is 0. The van der Waals surface area contributed by atoms with Crippen LogP contribution in [0.15, 0.2) is 53.7 Å². The van der Waals surface area contributed by atoms with E-state index in [9.17, 15) is 18.4 Å². The quantitative estimate of drug-likeness (QED) is 0.806. The number of carbonyl (C=O) groups excluding carboxylic acids is 2. The molecule has 0 radical (unpaired) electrons. The van der Waals surface area contributed by atoms with Crippen molar-refractivity contribution in [3.8, 4) is 0 Å². The summed E-state index contributed by atoms with van der Waals surface area (Å²) in [6.07, 6.45) is 1.18. The van der Waals surface area contributed by atoms with E-state index in [1.807, 2.05) is 0 Å². The van der Waals surface area contributed by atoms with Crippen LogP contribution < -0.4 is 11.5 Å². The van der Waals surface area contributed by atoms with Gasteiger partial charge < -0.3 is 16.3 Å². The van der Waals surface area contributed by atoms with Crippen LogP contribution in [-0.4, -0.2) is 23.6 Å². The fraction of sp³-hybridized carbons (Fsp3) is 0.118. The van der Waals surface area contributed by atoms with Crippen LogP contribution in [0.5, 0.6) is 0 Å². The second-order valence-electron chi connectivity index (χ2n) is 5.56. The highest BCUT2D eigenvalue weighted by Gasteiger charge is 2.67. The molecule has 0 fully saturated rings. The number of carbonyl (C=O) groups is 2. The van der Waals surface area contributed by atoms with Crippen molar-refractivity contribution >= 4 is 18.0 Å². The number of oxime groups is 1. The predicted octanol–water partition coefficient (Wildman–Crippen LogP) is 0.976. The van der Waals surface area contributed by atoms with Crippen LogP contribution in [0.3, 0.4) is 0 Å².